The minimum atomic E-state index is -0.224. The molecule has 0 aliphatic heterocycles. The van der Waals surface area contributed by atoms with E-state index in [9.17, 15) is 9.59 Å². The normalized spacial score (nSPS) is 11.5. The van der Waals surface area contributed by atoms with E-state index in [0.717, 1.165) is 16.1 Å². The van der Waals surface area contributed by atoms with Gasteiger partial charge >= 0.3 is 0 Å². The lowest BCUT2D eigenvalue weighted by atomic mass is 10.1. The number of hydrogen-bond donors (Lipinski definition) is 2. The van der Waals surface area contributed by atoms with Gasteiger partial charge in [0.2, 0.25) is 5.91 Å². The van der Waals surface area contributed by atoms with E-state index in [1.54, 1.807) is 0 Å². The summed E-state index contributed by atoms with van der Waals surface area (Å²) in [4.78, 5) is 26.0. The molecule has 0 aromatic heterocycles. The monoisotopic (exact) mass is 404 g/mol. The lowest BCUT2D eigenvalue weighted by molar-refractivity contribution is -0.115. The van der Waals surface area contributed by atoms with Crippen molar-refractivity contribution >= 4 is 35.0 Å². The first-order valence-electron chi connectivity index (χ1n) is 9.56. The number of aryl methyl sites for hydroxylation is 1. The molecule has 1 atom stereocenters. The van der Waals surface area contributed by atoms with Gasteiger partial charge in [-0.15, -0.1) is 11.8 Å². The summed E-state index contributed by atoms with van der Waals surface area (Å²) < 4.78 is 0. The second-order valence-electron chi connectivity index (χ2n) is 6.72. The fourth-order valence-corrected chi connectivity index (χ4v) is 3.80. The molecule has 1 unspecified atom stereocenters. The zero-order chi connectivity index (χ0) is 20.6. The molecule has 4 nitrogen and oxygen atoms in total. The Morgan fingerprint density at radius 1 is 0.862 bits per heavy atom. The van der Waals surface area contributed by atoms with Crippen LogP contribution in [0.3, 0.4) is 0 Å². The van der Waals surface area contributed by atoms with Crippen LogP contribution in [-0.2, 0) is 4.79 Å². The lowest BCUT2D eigenvalue weighted by Crippen LogP contribution is -2.24. The van der Waals surface area contributed by atoms with Crippen LogP contribution in [0.15, 0.2) is 83.8 Å². The number of nitrogens with one attached hydrogen (secondary N) is 2. The second kappa shape index (κ2) is 9.94. The van der Waals surface area contributed by atoms with Gasteiger partial charge in [-0.2, -0.15) is 0 Å². The summed E-state index contributed by atoms with van der Waals surface area (Å²) in [6.45, 7) is 3.98. The largest absolute Gasteiger partial charge is 0.325 e. The van der Waals surface area contributed by atoms with Crippen molar-refractivity contribution in [1.29, 1.82) is 0 Å². The zero-order valence-corrected chi connectivity index (χ0v) is 17.3. The van der Waals surface area contributed by atoms with Crippen LogP contribution in [0.1, 0.15) is 29.3 Å². The number of thioether (sulfide) groups is 1. The Balaban J connectivity index is 1.65. The fourth-order valence-electron chi connectivity index (χ4n) is 2.79. The number of benzene rings is 3. The summed E-state index contributed by atoms with van der Waals surface area (Å²) in [6.07, 6.45) is 0.698. The van der Waals surface area contributed by atoms with Crippen molar-refractivity contribution in [2.75, 3.05) is 10.6 Å². The number of rotatable bonds is 7. The Hall–Kier alpha value is -3.05. The molecule has 0 aliphatic carbocycles. The van der Waals surface area contributed by atoms with Crippen LogP contribution < -0.4 is 10.6 Å². The third kappa shape index (κ3) is 5.96. The van der Waals surface area contributed by atoms with Gasteiger partial charge < -0.3 is 10.6 Å². The first kappa shape index (κ1) is 20.7. The molecule has 3 rings (SSSR count). The molecule has 0 heterocycles. The summed E-state index contributed by atoms with van der Waals surface area (Å²) in [7, 11) is 0. The molecule has 0 bridgehead atoms. The Morgan fingerprint density at radius 2 is 1.55 bits per heavy atom. The zero-order valence-electron chi connectivity index (χ0n) is 16.5. The van der Waals surface area contributed by atoms with Gasteiger partial charge in [0.05, 0.1) is 5.25 Å². The maximum Gasteiger partial charge on any atom is 0.255 e. The molecular weight excluding hydrogens is 380 g/mol. The molecule has 0 fully saturated rings. The van der Waals surface area contributed by atoms with Crippen LogP contribution in [0.2, 0.25) is 0 Å². The van der Waals surface area contributed by atoms with Crippen molar-refractivity contribution in [2.45, 2.75) is 30.4 Å². The summed E-state index contributed by atoms with van der Waals surface area (Å²) in [5.41, 5.74) is 3.22. The third-order valence-corrected chi connectivity index (χ3v) is 5.75. The van der Waals surface area contributed by atoms with Gasteiger partial charge in [-0.05, 0) is 55.8 Å². The quantitative estimate of drug-likeness (QED) is 0.493. The molecule has 0 spiro atoms. The van der Waals surface area contributed by atoms with E-state index < -0.39 is 0 Å². The number of hydrogen-bond acceptors (Lipinski definition) is 3. The van der Waals surface area contributed by atoms with Crippen LogP contribution >= 0.6 is 11.8 Å². The molecule has 0 saturated carbocycles. The van der Waals surface area contributed by atoms with Gasteiger partial charge in [-0.25, -0.2) is 0 Å². The van der Waals surface area contributed by atoms with Crippen LogP contribution in [0, 0.1) is 6.92 Å². The van der Waals surface area contributed by atoms with E-state index in [-0.39, 0.29) is 17.1 Å². The van der Waals surface area contributed by atoms with Crippen molar-refractivity contribution in [3.8, 4) is 0 Å². The van der Waals surface area contributed by atoms with Crippen LogP contribution in [0.5, 0.6) is 0 Å². The van der Waals surface area contributed by atoms with Crippen molar-refractivity contribution in [3.63, 3.8) is 0 Å². The maximum absolute atomic E-state index is 12.6. The number of amides is 2. The number of anilines is 2. The number of para-hydroxylation sites is 1. The van der Waals surface area contributed by atoms with Crippen LogP contribution in [-0.4, -0.2) is 17.1 Å². The molecule has 148 valence electrons. The summed E-state index contributed by atoms with van der Waals surface area (Å²) >= 11 is 1.49. The highest BCUT2D eigenvalue weighted by molar-refractivity contribution is 8.00. The molecule has 2 N–H and O–H groups in total. The predicted molar refractivity (Wildman–Crippen MR) is 121 cm³/mol. The SMILES string of the molecule is CCC(Sc1cccc(NC(=O)c2ccc(C)cc2)c1)C(=O)Nc1ccccc1. The van der Waals surface area contributed by atoms with E-state index in [1.807, 2.05) is 92.7 Å². The first-order chi connectivity index (χ1) is 14.0. The average Bonchev–Trinajstić information content (AvgIpc) is 2.73. The van der Waals surface area contributed by atoms with E-state index >= 15 is 0 Å². The Morgan fingerprint density at radius 3 is 2.24 bits per heavy atom. The van der Waals surface area contributed by atoms with E-state index in [0.29, 0.717) is 17.7 Å². The highest BCUT2D eigenvalue weighted by atomic mass is 32.2. The average molecular weight is 405 g/mol. The second-order valence-corrected chi connectivity index (χ2v) is 7.99. The highest BCUT2D eigenvalue weighted by Gasteiger charge is 2.18. The minimum Gasteiger partial charge on any atom is -0.325 e. The molecule has 2 amide bonds. The van der Waals surface area contributed by atoms with E-state index in [4.69, 9.17) is 0 Å². The molecule has 0 radical (unpaired) electrons. The molecule has 0 saturated heterocycles. The summed E-state index contributed by atoms with van der Waals surface area (Å²) in [6, 6.07) is 24.5. The van der Waals surface area contributed by atoms with Gasteiger partial charge in [0.1, 0.15) is 0 Å². The summed E-state index contributed by atoms with van der Waals surface area (Å²) in [5, 5.41) is 5.66. The fraction of sp³-hybridized carbons (Fsp3) is 0.167. The smallest absolute Gasteiger partial charge is 0.255 e. The van der Waals surface area contributed by atoms with Gasteiger partial charge in [-0.1, -0.05) is 48.9 Å². The number of carbonyl (C=O) groups excluding carboxylic acids is 2. The first-order valence-corrected chi connectivity index (χ1v) is 10.4. The Labute approximate surface area is 175 Å². The van der Waals surface area contributed by atoms with Crippen molar-refractivity contribution in [1.82, 2.24) is 0 Å². The molecule has 3 aromatic rings. The Bertz CT molecular complexity index is 972. The topological polar surface area (TPSA) is 58.2 Å². The lowest BCUT2D eigenvalue weighted by Gasteiger charge is -2.15. The van der Waals surface area contributed by atoms with Crippen LogP contribution in [0.4, 0.5) is 11.4 Å². The highest BCUT2D eigenvalue weighted by Crippen LogP contribution is 2.28. The van der Waals surface area contributed by atoms with Gasteiger partial charge in [0, 0.05) is 21.8 Å². The Kier molecular flexibility index (Phi) is 7.09. The van der Waals surface area contributed by atoms with Crippen molar-refractivity contribution < 1.29 is 9.59 Å². The molecule has 0 aliphatic rings. The number of carbonyl (C=O) groups is 2. The minimum absolute atomic E-state index is 0.0298. The standard InChI is InChI=1S/C24H24N2O2S/c1-3-22(24(28)25-19-8-5-4-6-9-19)29-21-11-7-10-20(16-21)26-23(27)18-14-12-17(2)13-15-18/h4-16,22H,3H2,1-2H3,(H,25,28)(H,26,27). The molecular formula is C24H24N2O2S. The van der Waals surface area contributed by atoms with E-state index in [2.05, 4.69) is 10.6 Å². The van der Waals surface area contributed by atoms with Gasteiger partial charge in [-0.3, -0.25) is 9.59 Å². The van der Waals surface area contributed by atoms with Crippen LogP contribution in [0.25, 0.3) is 0 Å². The molecule has 3 aromatic carbocycles. The van der Waals surface area contributed by atoms with Crippen molar-refractivity contribution in [2.24, 2.45) is 0 Å². The van der Waals surface area contributed by atoms with Gasteiger partial charge in [0.15, 0.2) is 0 Å². The van der Waals surface area contributed by atoms with Crippen molar-refractivity contribution in [3.05, 3.63) is 90.0 Å². The predicted octanol–water partition coefficient (Wildman–Crippen LogP) is 5.76. The summed E-state index contributed by atoms with van der Waals surface area (Å²) in [5.74, 6) is -0.182. The molecule has 29 heavy (non-hydrogen) atoms. The van der Waals surface area contributed by atoms with E-state index in [1.165, 1.54) is 11.8 Å². The van der Waals surface area contributed by atoms with Gasteiger partial charge in [0.25, 0.3) is 5.91 Å². The molecule has 5 heteroatoms. The third-order valence-electron chi connectivity index (χ3n) is 4.39. The maximum atomic E-state index is 12.6.